The van der Waals surface area contributed by atoms with E-state index < -0.39 is 17.8 Å². The molecule has 1 saturated carbocycles. The molecular weight excluding hydrogens is 390 g/mol. The maximum atomic E-state index is 13.3. The third-order valence-corrected chi connectivity index (χ3v) is 4.65. The van der Waals surface area contributed by atoms with Gasteiger partial charge in [-0.15, -0.1) is 12.6 Å². The number of aromatic nitrogens is 3. The van der Waals surface area contributed by atoms with Crippen molar-refractivity contribution in [2.24, 2.45) is 5.73 Å². The number of alkyl halides is 2. The average Bonchev–Trinajstić information content (AvgIpc) is 3.15. The quantitative estimate of drug-likeness (QED) is 0.648. The molecule has 4 rings (SSSR count). The second-order valence-electron chi connectivity index (χ2n) is 7.11. The van der Waals surface area contributed by atoms with E-state index in [4.69, 9.17) is 10.3 Å². The van der Waals surface area contributed by atoms with Gasteiger partial charge in [-0.2, -0.15) is 8.78 Å². The lowest BCUT2D eigenvalue weighted by Gasteiger charge is -2.12. The van der Waals surface area contributed by atoms with Gasteiger partial charge in [0, 0.05) is 16.5 Å². The maximum Gasteiger partial charge on any atom is 0.336 e. The van der Waals surface area contributed by atoms with Crippen LogP contribution >= 0.6 is 12.6 Å². The van der Waals surface area contributed by atoms with Crippen LogP contribution in [0, 0.1) is 6.92 Å². The zero-order valence-corrected chi connectivity index (χ0v) is 16.2. The number of fused-ring (bicyclic) bond motifs is 1. The van der Waals surface area contributed by atoms with Crippen molar-refractivity contribution in [3.05, 3.63) is 56.6 Å². The lowest BCUT2D eigenvalue weighted by Crippen LogP contribution is -2.40. The highest BCUT2D eigenvalue weighted by Crippen LogP contribution is 2.30. The Bertz CT molecular complexity index is 1130. The molecule has 1 aliphatic rings. The molecule has 0 spiro atoms. The van der Waals surface area contributed by atoms with E-state index >= 15 is 0 Å². The summed E-state index contributed by atoms with van der Waals surface area (Å²) in [6.45, 7) is 0.380. The Morgan fingerprint density at radius 2 is 1.96 bits per heavy atom. The number of thiol groups is 1. The van der Waals surface area contributed by atoms with Crippen molar-refractivity contribution < 1.29 is 13.3 Å². The molecule has 2 N–H and O–H groups in total. The lowest BCUT2D eigenvalue weighted by atomic mass is 10.2. The van der Waals surface area contributed by atoms with Crippen LogP contribution in [-0.4, -0.2) is 19.8 Å². The van der Waals surface area contributed by atoms with E-state index in [-0.39, 0.29) is 33.3 Å². The molecule has 2 aromatic heterocycles. The molecule has 2 heterocycles. The minimum Gasteiger partial charge on any atom is -0.359 e. The van der Waals surface area contributed by atoms with Crippen LogP contribution in [0.2, 0.25) is 0 Å². The largest absolute Gasteiger partial charge is 0.359 e. The molecule has 0 aliphatic heterocycles. The fraction of sp³-hybridized carbons (Fsp3) is 0.389. The van der Waals surface area contributed by atoms with E-state index in [1.807, 2.05) is 0 Å². The van der Waals surface area contributed by atoms with E-state index in [2.05, 4.69) is 24.7 Å². The summed E-state index contributed by atoms with van der Waals surface area (Å²) in [5.74, 6) is 0.226. The topological polar surface area (TPSA) is 96.0 Å². The summed E-state index contributed by atoms with van der Waals surface area (Å²) in [6, 6.07) is 5.59. The van der Waals surface area contributed by atoms with E-state index in [9.17, 15) is 18.4 Å². The standard InChI is InChI=1S/C14H11F2N3O3S.C4H9N/c1-7-4-8(22-17-7)6-18-12(20)10-5-9(23)2-3-11(10)19(13(15)16)14(18)21;1-4(5)2-3-4/h2-5,13,23H,6H2,1H3;2-3,5H2,1H3. The predicted octanol–water partition coefficient (Wildman–Crippen LogP) is 2.69. The lowest BCUT2D eigenvalue weighted by molar-refractivity contribution is 0.0682. The Morgan fingerprint density at radius 1 is 1.32 bits per heavy atom. The van der Waals surface area contributed by atoms with E-state index in [1.165, 1.54) is 37.1 Å². The molecule has 1 aromatic carbocycles. The van der Waals surface area contributed by atoms with Gasteiger partial charge in [-0.1, -0.05) is 5.16 Å². The van der Waals surface area contributed by atoms with Gasteiger partial charge >= 0.3 is 12.2 Å². The maximum absolute atomic E-state index is 13.3. The molecule has 10 heteroatoms. The first-order chi connectivity index (χ1) is 13.1. The first-order valence-corrected chi connectivity index (χ1v) is 9.01. The first-order valence-electron chi connectivity index (χ1n) is 8.56. The van der Waals surface area contributed by atoms with Gasteiger partial charge in [-0.25, -0.2) is 9.36 Å². The summed E-state index contributed by atoms with van der Waals surface area (Å²) in [7, 11) is 0. The summed E-state index contributed by atoms with van der Waals surface area (Å²) in [6.07, 6.45) is 2.46. The van der Waals surface area contributed by atoms with Crippen molar-refractivity contribution in [3.63, 3.8) is 0 Å². The van der Waals surface area contributed by atoms with Crippen molar-refractivity contribution in [1.82, 2.24) is 14.3 Å². The molecule has 0 bridgehead atoms. The second-order valence-corrected chi connectivity index (χ2v) is 7.63. The van der Waals surface area contributed by atoms with Crippen LogP contribution in [0.4, 0.5) is 8.78 Å². The smallest absolute Gasteiger partial charge is 0.336 e. The molecule has 7 nitrogen and oxygen atoms in total. The third-order valence-electron chi connectivity index (χ3n) is 4.38. The zero-order chi connectivity index (χ0) is 20.6. The monoisotopic (exact) mass is 410 g/mol. The van der Waals surface area contributed by atoms with Gasteiger partial charge in [-0.05, 0) is 44.9 Å². The van der Waals surface area contributed by atoms with Gasteiger partial charge in [0.25, 0.3) is 5.56 Å². The highest BCUT2D eigenvalue weighted by molar-refractivity contribution is 7.80. The number of halogens is 2. The summed E-state index contributed by atoms with van der Waals surface area (Å²) in [5, 5.41) is 3.63. The molecule has 0 saturated heterocycles. The molecule has 0 atom stereocenters. The predicted molar refractivity (Wildman–Crippen MR) is 103 cm³/mol. The number of hydrogen-bond acceptors (Lipinski definition) is 6. The fourth-order valence-electron chi connectivity index (χ4n) is 2.54. The molecule has 0 amide bonds. The van der Waals surface area contributed by atoms with Crippen molar-refractivity contribution in [3.8, 4) is 0 Å². The number of rotatable bonds is 3. The van der Waals surface area contributed by atoms with Gasteiger partial charge in [-0.3, -0.25) is 9.36 Å². The van der Waals surface area contributed by atoms with Crippen molar-refractivity contribution >= 4 is 23.5 Å². The number of hydrogen-bond donors (Lipinski definition) is 2. The molecule has 1 aliphatic carbocycles. The molecule has 0 unspecified atom stereocenters. The van der Waals surface area contributed by atoms with Gasteiger partial charge in [0.2, 0.25) is 0 Å². The van der Waals surface area contributed by atoms with Crippen molar-refractivity contribution in [1.29, 1.82) is 0 Å². The summed E-state index contributed by atoms with van der Waals surface area (Å²) in [5.41, 5.74) is 4.33. The number of nitrogens with zero attached hydrogens (tertiary/aromatic N) is 3. The normalized spacial score (nSPS) is 14.8. The Labute approximate surface area is 164 Å². The summed E-state index contributed by atoms with van der Waals surface area (Å²) >= 11 is 4.10. The Kier molecular flexibility index (Phi) is 5.44. The van der Waals surface area contributed by atoms with Crippen LogP contribution in [0.3, 0.4) is 0 Å². The van der Waals surface area contributed by atoms with Crippen molar-refractivity contribution in [2.45, 2.75) is 50.2 Å². The Balaban J connectivity index is 0.000000391. The molecule has 0 radical (unpaired) electrons. The zero-order valence-electron chi connectivity index (χ0n) is 15.4. The van der Waals surface area contributed by atoms with Crippen LogP contribution in [0.15, 0.2) is 43.3 Å². The SMILES string of the molecule is CC1(N)CC1.Cc1cc(Cn2c(=O)c3cc(S)ccc3n(C(F)F)c2=O)on1. The van der Waals surface area contributed by atoms with Crippen LogP contribution in [-0.2, 0) is 6.54 Å². The second kappa shape index (κ2) is 7.51. The van der Waals surface area contributed by atoms with Gasteiger partial charge in [0.1, 0.15) is 0 Å². The highest BCUT2D eigenvalue weighted by Gasteiger charge is 2.31. The first kappa shape index (κ1) is 20.3. The average molecular weight is 410 g/mol. The van der Waals surface area contributed by atoms with Crippen LogP contribution in [0.1, 0.15) is 37.8 Å². The molecule has 28 heavy (non-hydrogen) atoms. The van der Waals surface area contributed by atoms with Gasteiger partial charge < -0.3 is 10.3 Å². The molecular formula is C18H20F2N4O3S. The van der Waals surface area contributed by atoms with E-state index in [0.29, 0.717) is 15.2 Å². The van der Waals surface area contributed by atoms with E-state index in [1.54, 1.807) is 6.92 Å². The number of aryl methyl sites for hydroxylation is 1. The Morgan fingerprint density at radius 3 is 2.46 bits per heavy atom. The Hall–Kier alpha value is -2.46. The van der Waals surface area contributed by atoms with Crippen LogP contribution < -0.4 is 17.0 Å². The highest BCUT2D eigenvalue weighted by atomic mass is 32.1. The van der Waals surface area contributed by atoms with Crippen molar-refractivity contribution in [2.75, 3.05) is 0 Å². The van der Waals surface area contributed by atoms with Gasteiger partial charge in [0.05, 0.1) is 23.1 Å². The fourth-order valence-corrected chi connectivity index (χ4v) is 2.75. The number of nitrogens with two attached hydrogens (primary N) is 1. The third kappa shape index (κ3) is 4.33. The molecule has 150 valence electrons. The summed E-state index contributed by atoms with van der Waals surface area (Å²) in [4.78, 5) is 25.2. The van der Waals surface area contributed by atoms with E-state index in [0.717, 1.165) is 0 Å². The van der Waals surface area contributed by atoms with Gasteiger partial charge in [0.15, 0.2) is 5.76 Å². The minimum absolute atomic E-state index is 0.0198. The molecule has 3 aromatic rings. The van der Waals surface area contributed by atoms with Crippen LogP contribution in [0.5, 0.6) is 0 Å². The minimum atomic E-state index is -3.08. The number of benzene rings is 1. The summed E-state index contributed by atoms with van der Waals surface area (Å²) < 4.78 is 32.5. The molecule has 1 fully saturated rings. The van der Waals surface area contributed by atoms with Crippen LogP contribution in [0.25, 0.3) is 10.9 Å².